The minimum Gasteiger partial charge on any atom is -0.508 e. The molecule has 4 N–H and O–H groups in total. The van der Waals surface area contributed by atoms with Crippen LogP contribution in [-0.4, -0.2) is 58.6 Å². The number of phenolic OH excluding ortho intramolecular Hbond substituents is 1. The van der Waals surface area contributed by atoms with E-state index in [0.29, 0.717) is 25.4 Å². The normalized spacial score (nSPS) is 14.9. The van der Waals surface area contributed by atoms with Gasteiger partial charge in [-0.15, -0.1) is 0 Å². The van der Waals surface area contributed by atoms with Gasteiger partial charge in [0.2, 0.25) is 11.8 Å². The van der Waals surface area contributed by atoms with Gasteiger partial charge >= 0.3 is 6.03 Å². The minimum absolute atomic E-state index is 0.115. The second-order valence-corrected chi connectivity index (χ2v) is 12.7. The summed E-state index contributed by atoms with van der Waals surface area (Å²) in [6, 6.07) is 21.8. The van der Waals surface area contributed by atoms with E-state index >= 15 is 0 Å². The molecule has 4 amide bonds. The van der Waals surface area contributed by atoms with Crippen molar-refractivity contribution in [3.8, 4) is 11.5 Å². The molecule has 240 valence electrons. The molecule has 3 aromatic rings. The highest BCUT2D eigenvalue weighted by atomic mass is 16.5. The Balaban J connectivity index is 1.49. The molecule has 1 saturated heterocycles. The Labute approximate surface area is 266 Å². The lowest BCUT2D eigenvalue weighted by Gasteiger charge is -2.28. The third-order valence-corrected chi connectivity index (χ3v) is 7.63. The maximum atomic E-state index is 13.9. The number of carbonyl (C=O) groups excluding carboxylic acids is 3. The highest BCUT2D eigenvalue weighted by Crippen LogP contribution is 2.17. The Morgan fingerprint density at radius 2 is 1.29 bits per heavy atom. The van der Waals surface area contributed by atoms with E-state index in [1.165, 1.54) is 0 Å². The molecule has 1 fully saturated rings. The average Bonchev–Trinajstić information content (AvgIpc) is 3.31. The number of nitrogens with one attached hydrogen (secondary N) is 3. The summed E-state index contributed by atoms with van der Waals surface area (Å²) in [6.07, 6.45) is 4.45. The highest BCUT2D eigenvalue weighted by molar-refractivity contribution is 5.92. The summed E-state index contributed by atoms with van der Waals surface area (Å²) in [5.41, 5.74) is 2.17. The number of rotatable bonds is 11. The lowest BCUT2D eigenvalue weighted by atomic mass is 10.0. The molecular weight excluding hydrogens is 568 g/mol. The first-order valence-electron chi connectivity index (χ1n) is 15.8. The molecule has 0 bridgehead atoms. The topological polar surface area (TPSA) is 120 Å². The van der Waals surface area contributed by atoms with E-state index in [9.17, 15) is 19.5 Å². The molecule has 45 heavy (non-hydrogen) atoms. The van der Waals surface area contributed by atoms with Gasteiger partial charge in [0, 0.05) is 31.5 Å². The number of ether oxygens (including phenoxy) is 1. The van der Waals surface area contributed by atoms with Crippen molar-refractivity contribution in [1.82, 2.24) is 20.9 Å². The van der Waals surface area contributed by atoms with Crippen LogP contribution in [0.1, 0.15) is 63.1 Å². The third kappa shape index (κ3) is 11.2. The molecule has 3 aromatic carbocycles. The van der Waals surface area contributed by atoms with E-state index < -0.39 is 23.5 Å². The van der Waals surface area contributed by atoms with Crippen LogP contribution < -0.4 is 20.7 Å². The molecule has 0 saturated carbocycles. The molecule has 0 aromatic heterocycles. The number of hydrogen-bond acceptors (Lipinski definition) is 5. The van der Waals surface area contributed by atoms with Crippen LogP contribution in [0.2, 0.25) is 0 Å². The Morgan fingerprint density at radius 1 is 0.733 bits per heavy atom. The molecule has 0 radical (unpaired) electrons. The predicted octanol–water partition coefficient (Wildman–Crippen LogP) is 5.11. The SMILES string of the molecule is CC(C)(C)NC(=O)[C@H](Cc1ccc(OCc2ccccc2)cc1)NC(=O)[C@H](Cc1ccc(O)cc1)NC(=O)N1CCCCCC1. The quantitative estimate of drug-likeness (QED) is 0.239. The van der Waals surface area contributed by atoms with Crippen LogP contribution in [0.3, 0.4) is 0 Å². The lowest BCUT2D eigenvalue weighted by Crippen LogP contribution is -2.58. The standard InChI is InChI=1S/C36H46N4O5/c1-36(2,3)39-34(43)32(24-27-15-19-30(20-16-27)45-25-28-11-7-6-8-12-28)37-33(42)31(23-26-13-17-29(41)18-14-26)38-35(44)40-21-9-4-5-10-22-40/h6-8,11-20,31-32,41H,4-5,9-10,21-25H2,1-3H3,(H,37,42)(H,38,44)(H,39,43)/t31-,32-/m0/s1. The van der Waals surface area contributed by atoms with Crippen molar-refractivity contribution in [2.24, 2.45) is 0 Å². The number of benzene rings is 3. The van der Waals surface area contributed by atoms with Crippen molar-refractivity contribution in [2.75, 3.05) is 13.1 Å². The summed E-state index contributed by atoms with van der Waals surface area (Å²) >= 11 is 0. The van der Waals surface area contributed by atoms with Crippen LogP contribution in [0, 0.1) is 0 Å². The number of urea groups is 1. The second kappa shape index (κ2) is 16.0. The van der Waals surface area contributed by atoms with Crippen LogP contribution in [0.4, 0.5) is 4.79 Å². The van der Waals surface area contributed by atoms with Gasteiger partial charge in [-0.2, -0.15) is 0 Å². The highest BCUT2D eigenvalue weighted by Gasteiger charge is 2.30. The summed E-state index contributed by atoms with van der Waals surface area (Å²) in [6.45, 7) is 7.38. The predicted molar refractivity (Wildman–Crippen MR) is 175 cm³/mol. The molecule has 4 rings (SSSR count). The maximum Gasteiger partial charge on any atom is 0.318 e. The summed E-state index contributed by atoms with van der Waals surface area (Å²) < 4.78 is 5.91. The Kier molecular flexibility index (Phi) is 11.8. The first-order chi connectivity index (χ1) is 21.6. The maximum absolute atomic E-state index is 13.9. The van der Waals surface area contributed by atoms with Gasteiger partial charge in [0.15, 0.2) is 0 Å². The van der Waals surface area contributed by atoms with E-state index in [4.69, 9.17) is 4.74 Å². The summed E-state index contributed by atoms with van der Waals surface area (Å²) in [5.74, 6) is 0.0434. The van der Waals surface area contributed by atoms with Crippen molar-refractivity contribution in [2.45, 2.75) is 83.5 Å². The fourth-order valence-electron chi connectivity index (χ4n) is 5.23. The van der Waals surface area contributed by atoms with Crippen LogP contribution in [0.25, 0.3) is 0 Å². The zero-order valence-corrected chi connectivity index (χ0v) is 26.6. The molecule has 9 heteroatoms. The summed E-state index contributed by atoms with van der Waals surface area (Å²) in [7, 11) is 0. The van der Waals surface area contributed by atoms with Crippen molar-refractivity contribution in [1.29, 1.82) is 0 Å². The fraction of sp³-hybridized carbons (Fsp3) is 0.417. The fourth-order valence-corrected chi connectivity index (χ4v) is 5.23. The van der Waals surface area contributed by atoms with Gasteiger partial charge in [0.05, 0.1) is 0 Å². The monoisotopic (exact) mass is 614 g/mol. The second-order valence-electron chi connectivity index (χ2n) is 12.7. The summed E-state index contributed by atoms with van der Waals surface area (Å²) in [5, 5.41) is 18.6. The first-order valence-corrected chi connectivity index (χ1v) is 15.8. The Bertz CT molecular complexity index is 1380. The molecular formula is C36H46N4O5. The van der Waals surface area contributed by atoms with Gasteiger partial charge in [0.1, 0.15) is 30.2 Å². The van der Waals surface area contributed by atoms with E-state index in [2.05, 4.69) is 16.0 Å². The van der Waals surface area contributed by atoms with E-state index in [1.54, 1.807) is 29.2 Å². The number of carbonyl (C=O) groups is 3. The number of amides is 4. The van der Waals surface area contributed by atoms with Crippen molar-refractivity contribution in [3.63, 3.8) is 0 Å². The van der Waals surface area contributed by atoms with Gasteiger partial charge in [-0.3, -0.25) is 9.59 Å². The number of hydrogen-bond donors (Lipinski definition) is 4. The largest absolute Gasteiger partial charge is 0.508 e. The van der Waals surface area contributed by atoms with Gasteiger partial charge < -0.3 is 30.7 Å². The van der Waals surface area contributed by atoms with E-state index in [1.807, 2.05) is 75.4 Å². The zero-order chi connectivity index (χ0) is 32.2. The van der Waals surface area contributed by atoms with Crippen molar-refractivity contribution in [3.05, 3.63) is 95.6 Å². The molecule has 0 aliphatic carbocycles. The number of aromatic hydroxyl groups is 1. The average molecular weight is 615 g/mol. The van der Waals surface area contributed by atoms with Crippen molar-refractivity contribution >= 4 is 17.8 Å². The van der Waals surface area contributed by atoms with Crippen LogP contribution >= 0.6 is 0 Å². The van der Waals surface area contributed by atoms with E-state index in [-0.39, 0.29) is 30.5 Å². The first kappa shape index (κ1) is 33.4. The minimum atomic E-state index is -0.927. The number of likely N-dealkylation sites (tertiary alicyclic amines) is 1. The Morgan fingerprint density at radius 3 is 1.87 bits per heavy atom. The molecule has 0 unspecified atom stereocenters. The van der Waals surface area contributed by atoms with Gasteiger partial charge in [-0.25, -0.2) is 4.79 Å². The van der Waals surface area contributed by atoms with Gasteiger partial charge in [-0.05, 0) is 74.6 Å². The van der Waals surface area contributed by atoms with Gasteiger partial charge in [0.25, 0.3) is 0 Å². The van der Waals surface area contributed by atoms with Crippen molar-refractivity contribution < 1.29 is 24.2 Å². The van der Waals surface area contributed by atoms with Crippen LogP contribution in [0.15, 0.2) is 78.9 Å². The Hall–Kier alpha value is -4.53. The summed E-state index contributed by atoms with van der Waals surface area (Å²) in [4.78, 5) is 42.4. The molecule has 1 heterocycles. The number of phenols is 1. The smallest absolute Gasteiger partial charge is 0.318 e. The molecule has 1 aliphatic heterocycles. The third-order valence-electron chi connectivity index (χ3n) is 7.63. The zero-order valence-electron chi connectivity index (χ0n) is 26.6. The van der Waals surface area contributed by atoms with Crippen LogP contribution in [0.5, 0.6) is 11.5 Å². The molecule has 0 spiro atoms. The molecule has 9 nitrogen and oxygen atoms in total. The van der Waals surface area contributed by atoms with Crippen LogP contribution in [-0.2, 0) is 29.0 Å². The number of nitrogens with zero attached hydrogens (tertiary/aromatic N) is 1. The van der Waals surface area contributed by atoms with Gasteiger partial charge in [-0.1, -0.05) is 67.4 Å². The van der Waals surface area contributed by atoms with E-state index in [0.717, 1.165) is 42.4 Å². The molecule has 2 atom stereocenters. The lowest BCUT2D eigenvalue weighted by molar-refractivity contribution is -0.130. The molecule has 1 aliphatic rings.